The van der Waals surface area contributed by atoms with Gasteiger partial charge in [-0.3, -0.25) is 4.79 Å². The minimum atomic E-state index is -0.535. The third-order valence-electron chi connectivity index (χ3n) is 2.69. The molecule has 5 nitrogen and oxygen atoms in total. The first-order valence-corrected chi connectivity index (χ1v) is 6.18. The molecule has 1 aromatic heterocycles. The van der Waals surface area contributed by atoms with Crippen molar-refractivity contribution in [2.24, 2.45) is 0 Å². The highest BCUT2D eigenvalue weighted by atomic mass is 16.5. The lowest BCUT2D eigenvalue weighted by molar-refractivity contribution is 0.0587. The Morgan fingerprint density at radius 1 is 1.56 bits per heavy atom. The fourth-order valence-electron chi connectivity index (χ4n) is 1.76. The van der Waals surface area contributed by atoms with Gasteiger partial charge in [-0.15, -0.1) is 0 Å². The number of hydrogen-bond acceptors (Lipinski definition) is 3. The lowest BCUT2D eigenvalue weighted by atomic mass is 10.2. The molecule has 1 rings (SSSR count). The van der Waals surface area contributed by atoms with Crippen LogP contribution in [0.1, 0.15) is 36.8 Å². The Balaban J connectivity index is 2.43. The zero-order valence-corrected chi connectivity index (χ0v) is 11.2. The average molecular weight is 254 g/mol. The molecule has 1 heterocycles. The molecular formula is C13H22N2O3. The molecule has 0 bridgehead atoms. The molecule has 0 aliphatic carbocycles. The van der Waals surface area contributed by atoms with E-state index in [0.29, 0.717) is 18.7 Å². The molecular weight excluding hydrogens is 232 g/mol. The highest BCUT2D eigenvalue weighted by Crippen LogP contribution is 2.10. The van der Waals surface area contributed by atoms with Crippen LogP contribution in [-0.2, 0) is 4.74 Å². The molecule has 0 radical (unpaired) electrons. The Labute approximate surface area is 108 Å². The van der Waals surface area contributed by atoms with Crippen LogP contribution in [0.2, 0.25) is 0 Å². The summed E-state index contributed by atoms with van der Waals surface area (Å²) < 4.78 is 6.73. The van der Waals surface area contributed by atoms with Crippen LogP contribution in [0.5, 0.6) is 0 Å². The van der Waals surface area contributed by atoms with Gasteiger partial charge in [-0.2, -0.15) is 0 Å². The maximum absolute atomic E-state index is 11.9. The van der Waals surface area contributed by atoms with E-state index in [1.807, 2.05) is 30.7 Å². The second-order valence-electron chi connectivity index (χ2n) is 4.55. The molecule has 0 saturated carbocycles. The summed E-state index contributed by atoms with van der Waals surface area (Å²) in [5.74, 6) is -0.113. The van der Waals surface area contributed by atoms with Gasteiger partial charge in [0.15, 0.2) is 0 Å². The summed E-state index contributed by atoms with van der Waals surface area (Å²) in [6.45, 7) is 4.78. The molecule has 18 heavy (non-hydrogen) atoms. The zero-order chi connectivity index (χ0) is 13.5. The zero-order valence-electron chi connectivity index (χ0n) is 11.2. The number of methoxy groups -OCH3 is 1. The van der Waals surface area contributed by atoms with Crippen molar-refractivity contribution in [2.45, 2.75) is 32.4 Å². The summed E-state index contributed by atoms with van der Waals surface area (Å²) in [5.41, 5.74) is 0.645. The standard InChI is InChI=1S/C13H22N2O3/c1-10(2)15-8-4-5-12(15)13(17)14-7-6-11(16)9-18-3/h4-5,8,10-11,16H,6-7,9H2,1-3H3,(H,14,17). The summed E-state index contributed by atoms with van der Waals surface area (Å²) in [4.78, 5) is 11.9. The van der Waals surface area contributed by atoms with Gasteiger partial charge >= 0.3 is 0 Å². The third-order valence-corrected chi connectivity index (χ3v) is 2.69. The Hall–Kier alpha value is -1.33. The Bertz CT molecular complexity index is 374. The summed E-state index contributed by atoms with van der Waals surface area (Å²) in [7, 11) is 1.54. The van der Waals surface area contributed by atoms with Crippen molar-refractivity contribution in [1.82, 2.24) is 9.88 Å². The topological polar surface area (TPSA) is 63.5 Å². The molecule has 1 amide bonds. The van der Waals surface area contributed by atoms with Crippen molar-refractivity contribution >= 4 is 5.91 Å². The predicted octanol–water partition coefficient (Wildman–Crippen LogP) is 1.20. The first-order valence-electron chi connectivity index (χ1n) is 6.18. The number of rotatable bonds is 7. The van der Waals surface area contributed by atoms with Gasteiger partial charge < -0.3 is 19.7 Å². The van der Waals surface area contributed by atoms with Gasteiger partial charge in [0.2, 0.25) is 0 Å². The Kier molecular flexibility index (Phi) is 5.88. The minimum absolute atomic E-state index is 0.113. The number of carbonyl (C=O) groups excluding carboxylic acids is 1. The van der Waals surface area contributed by atoms with Crippen LogP contribution >= 0.6 is 0 Å². The van der Waals surface area contributed by atoms with E-state index < -0.39 is 6.10 Å². The SMILES string of the molecule is COCC(O)CCNC(=O)c1cccn1C(C)C. The highest BCUT2D eigenvalue weighted by molar-refractivity contribution is 5.92. The first kappa shape index (κ1) is 14.7. The van der Waals surface area contributed by atoms with Crippen LogP contribution in [0.25, 0.3) is 0 Å². The monoisotopic (exact) mass is 254 g/mol. The quantitative estimate of drug-likeness (QED) is 0.768. The largest absolute Gasteiger partial charge is 0.391 e. The molecule has 0 aliphatic heterocycles. The van der Waals surface area contributed by atoms with Crippen molar-refractivity contribution < 1.29 is 14.6 Å². The molecule has 0 aliphatic rings. The number of hydrogen-bond donors (Lipinski definition) is 2. The van der Waals surface area contributed by atoms with Gasteiger partial charge in [0, 0.05) is 25.9 Å². The van der Waals surface area contributed by atoms with Crippen LogP contribution in [0.3, 0.4) is 0 Å². The Morgan fingerprint density at radius 3 is 2.89 bits per heavy atom. The van der Waals surface area contributed by atoms with E-state index in [1.54, 1.807) is 6.07 Å². The van der Waals surface area contributed by atoms with Gasteiger partial charge in [-0.05, 0) is 32.4 Å². The van der Waals surface area contributed by atoms with Gasteiger partial charge in [-0.25, -0.2) is 0 Å². The second kappa shape index (κ2) is 7.18. The van der Waals surface area contributed by atoms with E-state index in [9.17, 15) is 9.90 Å². The number of aromatic nitrogens is 1. The minimum Gasteiger partial charge on any atom is -0.391 e. The van der Waals surface area contributed by atoms with Crippen LogP contribution in [0.15, 0.2) is 18.3 Å². The number of carbonyl (C=O) groups is 1. The van der Waals surface area contributed by atoms with E-state index in [-0.39, 0.29) is 18.6 Å². The number of aliphatic hydroxyl groups excluding tert-OH is 1. The molecule has 1 atom stereocenters. The molecule has 0 fully saturated rings. The maximum Gasteiger partial charge on any atom is 0.267 e. The normalized spacial score (nSPS) is 12.7. The third kappa shape index (κ3) is 4.16. The van der Waals surface area contributed by atoms with Gasteiger partial charge in [0.05, 0.1) is 12.7 Å². The lowest BCUT2D eigenvalue weighted by Crippen LogP contribution is -2.30. The fourth-order valence-corrected chi connectivity index (χ4v) is 1.76. The molecule has 0 aromatic carbocycles. The highest BCUT2D eigenvalue weighted by Gasteiger charge is 2.12. The van der Waals surface area contributed by atoms with Gasteiger partial charge in [0.1, 0.15) is 5.69 Å². The Morgan fingerprint density at radius 2 is 2.28 bits per heavy atom. The number of amides is 1. The van der Waals surface area contributed by atoms with Crippen LogP contribution in [0.4, 0.5) is 0 Å². The summed E-state index contributed by atoms with van der Waals surface area (Å²) >= 11 is 0. The number of nitrogens with zero attached hydrogens (tertiary/aromatic N) is 1. The average Bonchev–Trinajstić information content (AvgIpc) is 2.78. The molecule has 1 unspecified atom stereocenters. The fraction of sp³-hybridized carbons (Fsp3) is 0.615. The number of ether oxygens (including phenoxy) is 1. The molecule has 5 heteroatoms. The van der Waals surface area contributed by atoms with Crippen molar-refractivity contribution in [3.63, 3.8) is 0 Å². The molecule has 102 valence electrons. The first-order chi connectivity index (χ1) is 8.56. The van der Waals surface area contributed by atoms with Crippen LogP contribution in [-0.4, -0.2) is 41.9 Å². The summed E-state index contributed by atoms with van der Waals surface area (Å²) in [6, 6.07) is 3.90. The number of aliphatic hydroxyl groups is 1. The van der Waals surface area contributed by atoms with Crippen molar-refractivity contribution in [3.05, 3.63) is 24.0 Å². The molecule has 2 N–H and O–H groups in total. The summed E-state index contributed by atoms with van der Waals surface area (Å²) in [5, 5.41) is 12.2. The molecule has 0 saturated heterocycles. The van der Waals surface area contributed by atoms with Crippen LogP contribution in [0, 0.1) is 0 Å². The van der Waals surface area contributed by atoms with Crippen molar-refractivity contribution in [2.75, 3.05) is 20.3 Å². The van der Waals surface area contributed by atoms with E-state index in [2.05, 4.69) is 5.32 Å². The lowest BCUT2D eigenvalue weighted by Gasteiger charge is -2.14. The maximum atomic E-state index is 11.9. The van der Waals surface area contributed by atoms with Gasteiger partial charge in [-0.1, -0.05) is 0 Å². The van der Waals surface area contributed by atoms with E-state index >= 15 is 0 Å². The van der Waals surface area contributed by atoms with E-state index in [1.165, 1.54) is 7.11 Å². The van der Waals surface area contributed by atoms with Crippen molar-refractivity contribution in [3.8, 4) is 0 Å². The summed E-state index contributed by atoms with van der Waals surface area (Å²) in [6.07, 6.45) is 1.84. The van der Waals surface area contributed by atoms with Gasteiger partial charge in [0.25, 0.3) is 5.91 Å². The smallest absolute Gasteiger partial charge is 0.267 e. The van der Waals surface area contributed by atoms with Crippen molar-refractivity contribution in [1.29, 1.82) is 0 Å². The van der Waals surface area contributed by atoms with E-state index in [0.717, 1.165) is 0 Å². The van der Waals surface area contributed by atoms with Crippen LogP contribution < -0.4 is 5.32 Å². The predicted molar refractivity (Wildman–Crippen MR) is 69.7 cm³/mol. The second-order valence-corrected chi connectivity index (χ2v) is 4.55. The molecule has 1 aromatic rings. The van der Waals surface area contributed by atoms with E-state index in [4.69, 9.17) is 4.74 Å². The molecule has 0 spiro atoms. The number of nitrogens with one attached hydrogen (secondary N) is 1.